The van der Waals surface area contributed by atoms with Crippen LogP contribution in [0, 0.1) is 0 Å². The fourth-order valence-electron chi connectivity index (χ4n) is 3.15. The van der Waals surface area contributed by atoms with E-state index in [-0.39, 0.29) is 37.0 Å². The van der Waals surface area contributed by atoms with Gasteiger partial charge in [-0.2, -0.15) is 5.10 Å². The quantitative estimate of drug-likeness (QED) is 0.715. The Kier molecular flexibility index (Phi) is 6.98. The summed E-state index contributed by atoms with van der Waals surface area (Å²) in [6, 6.07) is 8.10. The molecule has 2 aromatic heterocycles. The van der Waals surface area contributed by atoms with Crippen LogP contribution in [0.1, 0.15) is 43.0 Å². The number of hydrogen-bond acceptors (Lipinski definition) is 6. The zero-order valence-corrected chi connectivity index (χ0v) is 18.1. The second-order valence-corrected chi connectivity index (χ2v) is 8.95. The van der Waals surface area contributed by atoms with E-state index in [9.17, 15) is 9.59 Å². The van der Waals surface area contributed by atoms with E-state index < -0.39 is 0 Å². The van der Waals surface area contributed by atoms with Gasteiger partial charge in [-0.25, -0.2) is 5.01 Å². The monoisotopic (exact) mass is 418 g/mol. The van der Waals surface area contributed by atoms with Gasteiger partial charge in [0.2, 0.25) is 5.91 Å². The molecule has 0 aromatic carbocycles. The maximum Gasteiger partial charge on any atom is 0.257 e. The lowest BCUT2D eigenvalue weighted by Gasteiger charge is -2.25. The number of thiophene rings is 2. The van der Waals surface area contributed by atoms with Gasteiger partial charge in [0.05, 0.1) is 29.7 Å². The summed E-state index contributed by atoms with van der Waals surface area (Å²) >= 11 is 3.28. The number of amides is 2. The second kappa shape index (κ2) is 9.45. The molecule has 0 radical (unpaired) electrons. The van der Waals surface area contributed by atoms with Crippen molar-refractivity contribution in [1.82, 2.24) is 15.2 Å². The van der Waals surface area contributed by atoms with Crippen LogP contribution in [0.15, 0.2) is 40.1 Å². The molecule has 0 saturated carbocycles. The zero-order valence-electron chi connectivity index (χ0n) is 16.4. The molecule has 1 aliphatic rings. The molecule has 2 aromatic rings. The molecule has 3 heterocycles. The number of rotatable bonds is 8. The van der Waals surface area contributed by atoms with Crippen LogP contribution >= 0.6 is 22.7 Å². The summed E-state index contributed by atoms with van der Waals surface area (Å²) < 4.78 is 0. The number of nitrogens with zero attached hydrogens (tertiary/aromatic N) is 3. The molecular weight excluding hydrogens is 392 g/mol. The van der Waals surface area contributed by atoms with E-state index in [4.69, 9.17) is 0 Å². The van der Waals surface area contributed by atoms with Crippen LogP contribution in [-0.4, -0.2) is 53.1 Å². The standard InChI is InChI=1S/C20H26N4O2S2/c1-4-23(12-19(25)21-14(2)3)13-20(26)24-16(18-8-6-10-28-18)11-15(22-24)17-7-5-9-27-17/h5-10,14,16H,4,11-13H2,1-3H3,(H,21,25). The summed E-state index contributed by atoms with van der Waals surface area (Å²) in [5.41, 5.74) is 0.947. The number of carbonyl (C=O) groups excluding carboxylic acids is 2. The SMILES string of the molecule is CCN(CC(=O)NC(C)C)CC(=O)N1N=C(c2cccs2)CC1c1cccs1. The van der Waals surface area contributed by atoms with E-state index in [1.807, 2.05) is 54.6 Å². The number of likely N-dealkylation sites (N-methyl/N-ethyl adjacent to an activating group) is 1. The molecule has 6 nitrogen and oxygen atoms in total. The predicted octanol–water partition coefficient (Wildman–Crippen LogP) is 3.33. The first kappa shape index (κ1) is 20.7. The molecule has 0 spiro atoms. The van der Waals surface area contributed by atoms with E-state index in [2.05, 4.69) is 16.5 Å². The Balaban J connectivity index is 1.73. The molecule has 0 fully saturated rings. The highest BCUT2D eigenvalue weighted by Gasteiger charge is 2.34. The smallest absolute Gasteiger partial charge is 0.257 e. The highest BCUT2D eigenvalue weighted by atomic mass is 32.1. The summed E-state index contributed by atoms with van der Waals surface area (Å²) in [5.74, 6) is -0.146. The van der Waals surface area contributed by atoms with E-state index in [1.165, 1.54) is 0 Å². The molecule has 150 valence electrons. The molecule has 1 atom stereocenters. The van der Waals surface area contributed by atoms with Crippen LogP contribution in [0.4, 0.5) is 0 Å². The molecule has 1 aliphatic heterocycles. The lowest BCUT2D eigenvalue weighted by molar-refractivity contribution is -0.134. The van der Waals surface area contributed by atoms with E-state index in [0.29, 0.717) is 13.0 Å². The van der Waals surface area contributed by atoms with Gasteiger partial charge in [-0.05, 0) is 43.3 Å². The summed E-state index contributed by atoms with van der Waals surface area (Å²) in [6.45, 7) is 6.81. The summed E-state index contributed by atoms with van der Waals surface area (Å²) in [4.78, 5) is 29.3. The van der Waals surface area contributed by atoms with Crippen molar-refractivity contribution in [3.05, 3.63) is 44.8 Å². The lowest BCUT2D eigenvalue weighted by atomic mass is 10.1. The summed E-state index contributed by atoms with van der Waals surface area (Å²) in [7, 11) is 0. The average Bonchev–Trinajstić information content (AvgIpc) is 3.40. The van der Waals surface area contributed by atoms with Gasteiger partial charge in [0, 0.05) is 17.3 Å². The van der Waals surface area contributed by atoms with Gasteiger partial charge < -0.3 is 5.32 Å². The molecule has 0 saturated heterocycles. The molecule has 1 N–H and O–H groups in total. The molecule has 28 heavy (non-hydrogen) atoms. The first-order valence-corrected chi connectivity index (χ1v) is 11.2. The maximum atomic E-state index is 13.1. The van der Waals surface area contributed by atoms with Crippen molar-refractivity contribution in [2.24, 2.45) is 5.10 Å². The minimum atomic E-state index is -0.0795. The topological polar surface area (TPSA) is 65.0 Å². The van der Waals surface area contributed by atoms with E-state index >= 15 is 0 Å². The second-order valence-electron chi connectivity index (χ2n) is 7.02. The Morgan fingerprint density at radius 2 is 2.00 bits per heavy atom. The summed E-state index contributed by atoms with van der Waals surface area (Å²) in [6.07, 6.45) is 0.715. The molecule has 0 bridgehead atoms. The fourth-order valence-corrected chi connectivity index (χ4v) is 4.68. The number of hydrogen-bond donors (Lipinski definition) is 1. The highest BCUT2D eigenvalue weighted by Crippen LogP contribution is 2.35. The molecule has 0 aliphatic carbocycles. The van der Waals surface area contributed by atoms with Crippen molar-refractivity contribution < 1.29 is 9.59 Å². The first-order chi connectivity index (χ1) is 13.5. The number of carbonyl (C=O) groups is 2. The van der Waals surface area contributed by atoms with Crippen LogP contribution in [0.3, 0.4) is 0 Å². The van der Waals surface area contributed by atoms with Crippen molar-refractivity contribution in [2.75, 3.05) is 19.6 Å². The van der Waals surface area contributed by atoms with Gasteiger partial charge in [0.25, 0.3) is 5.91 Å². The van der Waals surface area contributed by atoms with Crippen molar-refractivity contribution in [2.45, 2.75) is 39.3 Å². The normalized spacial score (nSPS) is 16.7. The average molecular weight is 419 g/mol. The zero-order chi connectivity index (χ0) is 20.1. The van der Waals surface area contributed by atoms with E-state index in [1.54, 1.807) is 27.7 Å². The number of hydrazone groups is 1. The molecule has 8 heteroatoms. The summed E-state index contributed by atoms with van der Waals surface area (Å²) in [5, 5.41) is 13.2. The third-order valence-corrected chi connectivity index (χ3v) is 6.36. The van der Waals surface area contributed by atoms with Gasteiger partial charge in [0.15, 0.2) is 0 Å². The minimum Gasteiger partial charge on any atom is -0.353 e. The minimum absolute atomic E-state index is 0.0661. The van der Waals surface area contributed by atoms with Gasteiger partial charge >= 0.3 is 0 Å². The molecular formula is C20H26N4O2S2. The van der Waals surface area contributed by atoms with Gasteiger partial charge in [-0.3, -0.25) is 14.5 Å². The van der Waals surface area contributed by atoms with Crippen LogP contribution in [0.2, 0.25) is 0 Å². The highest BCUT2D eigenvalue weighted by molar-refractivity contribution is 7.12. The maximum absolute atomic E-state index is 13.1. The Labute approximate surface area is 173 Å². The van der Waals surface area contributed by atoms with Gasteiger partial charge in [-0.1, -0.05) is 19.1 Å². The van der Waals surface area contributed by atoms with Crippen LogP contribution in [0.25, 0.3) is 0 Å². The van der Waals surface area contributed by atoms with Crippen molar-refractivity contribution in [1.29, 1.82) is 0 Å². The largest absolute Gasteiger partial charge is 0.353 e. The Bertz CT molecular complexity index is 815. The Morgan fingerprint density at radius 3 is 2.61 bits per heavy atom. The number of nitrogens with one attached hydrogen (secondary N) is 1. The molecule has 3 rings (SSSR count). The van der Waals surface area contributed by atoms with E-state index in [0.717, 1.165) is 15.5 Å². The van der Waals surface area contributed by atoms with Gasteiger partial charge in [0.1, 0.15) is 0 Å². The van der Waals surface area contributed by atoms with Crippen LogP contribution in [0.5, 0.6) is 0 Å². The Morgan fingerprint density at radius 1 is 1.25 bits per heavy atom. The van der Waals surface area contributed by atoms with Crippen molar-refractivity contribution in [3.63, 3.8) is 0 Å². The lowest BCUT2D eigenvalue weighted by Crippen LogP contribution is -2.44. The third-order valence-electron chi connectivity index (χ3n) is 4.47. The first-order valence-electron chi connectivity index (χ1n) is 9.46. The molecule has 2 amide bonds. The third kappa shape index (κ3) is 5.06. The van der Waals surface area contributed by atoms with Gasteiger partial charge in [-0.15, -0.1) is 22.7 Å². The van der Waals surface area contributed by atoms with Crippen molar-refractivity contribution >= 4 is 40.2 Å². The van der Waals surface area contributed by atoms with Crippen LogP contribution in [-0.2, 0) is 9.59 Å². The van der Waals surface area contributed by atoms with Crippen LogP contribution < -0.4 is 5.32 Å². The predicted molar refractivity (Wildman–Crippen MR) is 115 cm³/mol. The Hall–Kier alpha value is -2.03. The fraction of sp³-hybridized carbons (Fsp3) is 0.450. The van der Waals surface area contributed by atoms with Crippen molar-refractivity contribution in [3.8, 4) is 0 Å². The molecule has 1 unspecified atom stereocenters.